The molecule has 1 saturated heterocycles. The molecule has 1 amide bonds. The number of rotatable bonds is 2. The summed E-state index contributed by atoms with van der Waals surface area (Å²) in [4.78, 5) is 20.9. The number of pyridine rings is 1. The molecule has 2 aliphatic heterocycles. The van der Waals surface area contributed by atoms with Gasteiger partial charge in [0.15, 0.2) is 11.6 Å². The van der Waals surface area contributed by atoms with Crippen molar-refractivity contribution < 1.29 is 9.18 Å². The molecule has 0 N–H and O–H groups in total. The third-order valence-corrected chi connectivity index (χ3v) is 5.50. The molecule has 0 radical (unpaired) electrons. The van der Waals surface area contributed by atoms with Crippen LogP contribution < -0.4 is 4.90 Å². The molecule has 1 unspecified atom stereocenters. The van der Waals surface area contributed by atoms with Gasteiger partial charge in [0.05, 0.1) is 5.92 Å². The molecular formula is C19H19BrFN3O. The van der Waals surface area contributed by atoms with Gasteiger partial charge in [0.25, 0.3) is 0 Å². The Morgan fingerprint density at radius 3 is 2.84 bits per heavy atom. The number of aromatic nitrogens is 1. The molecule has 0 saturated carbocycles. The molecule has 0 aliphatic carbocycles. The molecule has 1 aromatic heterocycles. The average Bonchev–Trinajstić information content (AvgIpc) is 3.10. The number of anilines is 1. The smallest absolute Gasteiger partial charge is 0.227 e. The van der Waals surface area contributed by atoms with Crippen LogP contribution in [0.3, 0.4) is 0 Å². The molecule has 6 heteroatoms. The second kappa shape index (κ2) is 6.75. The topological polar surface area (TPSA) is 36.4 Å². The molecular weight excluding hydrogens is 385 g/mol. The summed E-state index contributed by atoms with van der Waals surface area (Å²) in [7, 11) is 0. The number of benzene rings is 1. The lowest BCUT2D eigenvalue weighted by Gasteiger charge is -2.31. The SMILES string of the molecule is O=C(C1CCN(c2ncc(Br)cc2F)C1)N1CCc2ccccc2C1. The zero-order valence-corrected chi connectivity index (χ0v) is 15.4. The van der Waals surface area contributed by atoms with E-state index in [1.54, 1.807) is 6.20 Å². The first kappa shape index (κ1) is 16.5. The second-order valence-corrected chi connectivity index (χ2v) is 7.58. The van der Waals surface area contributed by atoms with E-state index in [0.29, 0.717) is 29.9 Å². The van der Waals surface area contributed by atoms with Gasteiger partial charge in [-0.25, -0.2) is 9.37 Å². The van der Waals surface area contributed by atoms with Crippen LogP contribution in [-0.4, -0.2) is 35.4 Å². The maximum atomic E-state index is 14.1. The Balaban J connectivity index is 1.44. The Morgan fingerprint density at radius 2 is 2.04 bits per heavy atom. The lowest BCUT2D eigenvalue weighted by Crippen LogP contribution is -2.40. The van der Waals surface area contributed by atoms with E-state index in [0.717, 1.165) is 19.4 Å². The van der Waals surface area contributed by atoms with Crippen LogP contribution >= 0.6 is 15.9 Å². The van der Waals surface area contributed by atoms with E-state index in [4.69, 9.17) is 0 Å². The molecule has 0 spiro atoms. The summed E-state index contributed by atoms with van der Waals surface area (Å²) in [5.41, 5.74) is 2.57. The van der Waals surface area contributed by atoms with Crippen molar-refractivity contribution in [2.75, 3.05) is 24.5 Å². The molecule has 0 bridgehead atoms. The summed E-state index contributed by atoms with van der Waals surface area (Å²) >= 11 is 3.22. The average molecular weight is 404 g/mol. The molecule has 130 valence electrons. The first-order chi connectivity index (χ1) is 12.1. The maximum Gasteiger partial charge on any atom is 0.227 e. The lowest BCUT2D eigenvalue weighted by atomic mass is 9.98. The first-order valence-corrected chi connectivity index (χ1v) is 9.32. The number of hydrogen-bond donors (Lipinski definition) is 0. The third-order valence-electron chi connectivity index (χ3n) is 5.07. The number of carbonyl (C=O) groups excluding carboxylic acids is 1. The van der Waals surface area contributed by atoms with E-state index < -0.39 is 0 Å². The van der Waals surface area contributed by atoms with E-state index in [1.165, 1.54) is 17.2 Å². The minimum atomic E-state index is -0.352. The Hall–Kier alpha value is -1.95. The molecule has 3 heterocycles. The molecule has 1 aromatic carbocycles. The van der Waals surface area contributed by atoms with Gasteiger partial charge in [-0.3, -0.25) is 4.79 Å². The zero-order valence-electron chi connectivity index (χ0n) is 13.8. The predicted octanol–water partition coefficient (Wildman–Crippen LogP) is 3.39. The molecule has 1 atom stereocenters. The largest absolute Gasteiger partial charge is 0.353 e. The van der Waals surface area contributed by atoms with Crippen molar-refractivity contribution in [3.8, 4) is 0 Å². The van der Waals surface area contributed by atoms with Crippen molar-refractivity contribution in [2.24, 2.45) is 5.92 Å². The number of fused-ring (bicyclic) bond motifs is 1. The van der Waals surface area contributed by atoms with Crippen molar-refractivity contribution in [2.45, 2.75) is 19.4 Å². The molecule has 1 fully saturated rings. The molecule has 25 heavy (non-hydrogen) atoms. The van der Waals surface area contributed by atoms with Gasteiger partial charge in [0, 0.05) is 36.8 Å². The molecule has 4 nitrogen and oxygen atoms in total. The monoisotopic (exact) mass is 403 g/mol. The minimum absolute atomic E-state index is 0.0879. The highest BCUT2D eigenvalue weighted by Crippen LogP contribution is 2.28. The van der Waals surface area contributed by atoms with Gasteiger partial charge in [-0.1, -0.05) is 24.3 Å². The molecule has 4 rings (SSSR count). The van der Waals surface area contributed by atoms with Crippen LogP contribution in [0.2, 0.25) is 0 Å². The summed E-state index contributed by atoms with van der Waals surface area (Å²) in [6.45, 7) is 2.63. The molecule has 2 aromatic rings. The number of hydrogen-bond acceptors (Lipinski definition) is 3. The number of carbonyl (C=O) groups is 1. The lowest BCUT2D eigenvalue weighted by molar-refractivity contribution is -0.135. The van der Waals surface area contributed by atoms with Crippen molar-refractivity contribution in [3.05, 3.63) is 57.9 Å². The van der Waals surface area contributed by atoms with Crippen molar-refractivity contribution in [1.82, 2.24) is 9.88 Å². The summed E-state index contributed by atoms with van der Waals surface area (Å²) in [5.74, 6) is 0.0708. The highest BCUT2D eigenvalue weighted by molar-refractivity contribution is 9.10. The highest BCUT2D eigenvalue weighted by Gasteiger charge is 2.34. The van der Waals surface area contributed by atoms with Crippen molar-refractivity contribution in [1.29, 1.82) is 0 Å². The van der Waals surface area contributed by atoms with Crippen LogP contribution in [0, 0.1) is 11.7 Å². The van der Waals surface area contributed by atoms with Gasteiger partial charge in [-0.15, -0.1) is 0 Å². The van der Waals surface area contributed by atoms with Crippen LogP contribution in [0.1, 0.15) is 17.5 Å². The van der Waals surface area contributed by atoms with Crippen molar-refractivity contribution in [3.63, 3.8) is 0 Å². The maximum absolute atomic E-state index is 14.1. The van der Waals surface area contributed by atoms with Gasteiger partial charge in [0.2, 0.25) is 5.91 Å². The van der Waals surface area contributed by atoms with E-state index in [9.17, 15) is 9.18 Å². The third kappa shape index (κ3) is 3.27. The Bertz CT molecular complexity index is 813. The summed E-state index contributed by atoms with van der Waals surface area (Å²) in [6.07, 6.45) is 3.24. The van der Waals surface area contributed by atoms with Gasteiger partial charge in [-0.05, 0) is 46.0 Å². The Kier molecular flexibility index (Phi) is 4.46. The van der Waals surface area contributed by atoms with Gasteiger partial charge in [0.1, 0.15) is 0 Å². The second-order valence-electron chi connectivity index (χ2n) is 6.67. The van der Waals surface area contributed by atoms with Crippen LogP contribution in [0.4, 0.5) is 10.2 Å². The Labute approximate surface area is 154 Å². The fourth-order valence-electron chi connectivity index (χ4n) is 3.74. The Morgan fingerprint density at radius 1 is 1.24 bits per heavy atom. The summed E-state index contributed by atoms with van der Waals surface area (Å²) < 4.78 is 14.7. The fourth-order valence-corrected chi connectivity index (χ4v) is 4.04. The van der Waals surface area contributed by atoms with Crippen LogP contribution in [0.15, 0.2) is 41.0 Å². The summed E-state index contributed by atoms with van der Waals surface area (Å²) in [5, 5.41) is 0. The van der Waals surface area contributed by atoms with E-state index in [1.807, 2.05) is 21.9 Å². The zero-order chi connectivity index (χ0) is 17.4. The first-order valence-electron chi connectivity index (χ1n) is 8.53. The van der Waals surface area contributed by atoms with Crippen LogP contribution in [0.5, 0.6) is 0 Å². The van der Waals surface area contributed by atoms with Crippen LogP contribution in [-0.2, 0) is 17.8 Å². The van der Waals surface area contributed by atoms with Gasteiger partial charge >= 0.3 is 0 Å². The summed E-state index contributed by atoms with van der Waals surface area (Å²) in [6, 6.07) is 9.71. The highest BCUT2D eigenvalue weighted by atomic mass is 79.9. The standard InChI is InChI=1S/C19H19BrFN3O/c20-16-9-17(21)18(22-10-16)23-7-6-15(12-23)19(25)24-8-5-13-3-1-2-4-14(13)11-24/h1-4,9-10,15H,5-8,11-12H2. The van der Waals surface area contributed by atoms with E-state index in [2.05, 4.69) is 33.0 Å². The van der Waals surface area contributed by atoms with E-state index in [-0.39, 0.29) is 17.6 Å². The number of halogens is 2. The van der Waals surface area contributed by atoms with Gasteiger partial charge in [-0.2, -0.15) is 0 Å². The van der Waals surface area contributed by atoms with Crippen molar-refractivity contribution >= 4 is 27.7 Å². The van der Waals surface area contributed by atoms with Crippen LogP contribution in [0.25, 0.3) is 0 Å². The number of amides is 1. The van der Waals surface area contributed by atoms with E-state index >= 15 is 0 Å². The minimum Gasteiger partial charge on any atom is -0.353 e. The number of nitrogens with zero attached hydrogens (tertiary/aromatic N) is 3. The fraction of sp³-hybridized carbons (Fsp3) is 0.368. The quantitative estimate of drug-likeness (QED) is 0.770. The van der Waals surface area contributed by atoms with Gasteiger partial charge < -0.3 is 9.80 Å². The normalized spacial score (nSPS) is 19.8. The predicted molar refractivity (Wildman–Crippen MR) is 97.8 cm³/mol. The molecule has 2 aliphatic rings.